The second-order valence-electron chi connectivity index (χ2n) is 1.68. The summed E-state index contributed by atoms with van der Waals surface area (Å²) in [6, 6.07) is 5.21. The van der Waals surface area contributed by atoms with E-state index in [0.717, 1.165) is 0 Å². The standard InChI is InChI=1S/C6H5N2O2/c7-5-3-1-2-4(8-5)6(9)10/h2-3H,(H2,7,8)(H,9,10). The van der Waals surface area contributed by atoms with Gasteiger partial charge in [0.2, 0.25) is 0 Å². The Balaban J connectivity index is 3.07. The van der Waals surface area contributed by atoms with E-state index >= 15 is 0 Å². The Morgan fingerprint density at radius 1 is 1.70 bits per heavy atom. The van der Waals surface area contributed by atoms with Gasteiger partial charge in [-0.2, -0.15) is 0 Å². The Labute approximate surface area is 57.3 Å². The summed E-state index contributed by atoms with van der Waals surface area (Å²) in [6.07, 6.45) is 0. The first-order chi connectivity index (χ1) is 4.70. The number of carboxylic acids is 1. The van der Waals surface area contributed by atoms with Crippen LogP contribution in [0.25, 0.3) is 0 Å². The van der Waals surface area contributed by atoms with Crippen LogP contribution < -0.4 is 5.73 Å². The summed E-state index contributed by atoms with van der Waals surface area (Å²) in [7, 11) is 0. The number of aromatic carboxylic acids is 1. The van der Waals surface area contributed by atoms with Crippen molar-refractivity contribution in [2.75, 3.05) is 5.73 Å². The number of anilines is 1. The summed E-state index contributed by atoms with van der Waals surface area (Å²) >= 11 is 0. The molecule has 0 saturated heterocycles. The number of nitrogens with zero attached hydrogens (tertiary/aromatic N) is 1. The molecule has 0 fully saturated rings. The molecule has 0 aliphatic carbocycles. The first kappa shape index (κ1) is 6.54. The molecular formula is C6H5N2O2. The topological polar surface area (TPSA) is 76.2 Å². The maximum absolute atomic E-state index is 10.2. The number of nitrogen functional groups attached to an aromatic ring is 1. The quantitative estimate of drug-likeness (QED) is 0.578. The van der Waals surface area contributed by atoms with Gasteiger partial charge < -0.3 is 10.8 Å². The zero-order valence-corrected chi connectivity index (χ0v) is 5.03. The molecule has 4 heteroatoms. The molecule has 1 rings (SSSR count). The van der Waals surface area contributed by atoms with Crippen LogP contribution >= 0.6 is 0 Å². The minimum atomic E-state index is -1.09. The Bertz CT molecular complexity index is 260. The molecular weight excluding hydrogens is 132 g/mol. The van der Waals surface area contributed by atoms with Crippen molar-refractivity contribution in [3.8, 4) is 0 Å². The summed E-state index contributed by atoms with van der Waals surface area (Å²) in [5, 5.41) is 8.37. The molecule has 4 nitrogen and oxygen atoms in total. The molecule has 51 valence electrons. The fraction of sp³-hybridized carbons (Fsp3) is 0. The van der Waals surface area contributed by atoms with Crippen LogP contribution in [-0.2, 0) is 0 Å². The van der Waals surface area contributed by atoms with Crippen LogP contribution in [0.5, 0.6) is 0 Å². The number of carboxylic acid groups (broad SMARTS) is 1. The second kappa shape index (κ2) is 2.34. The van der Waals surface area contributed by atoms with Crippen LogP contribution in [0, 0.1) is 6.07 Å². The van der Waals surface area contributed by atoms with Gasteiger partial charge in [-0.05, 0) is 18.2 Å². The van der Waals surface area contributed by atoms with Gasteiger partial charge in [0, 0.05) is 0 Å². The Morgan fingerprint density at radius 2 is 2.40 bits per heavy atom. The van der Waals surface area contributed by atoms with Gasteiger partial charge >= 0.3 is 5.97 Å². The lowest BCUT2D eigenvalue weighted by molar-refractivity contribution is 0.0690. The summed E-state index contributed by atoms with van der Waals surface area (Å²) in [5.74, 6) is -0.927. The van der Waals surface area contributed by atoms with Gasteiger partial charge in [-0.3, -0.25) is 0 Å². The number of hydrogen-bond donors (Lipinski definition) is 2. The normalized spacial score (nSPS) is 9.20. The first-order valence-electron chi connectivity index (χ1n) is 2.57. The van der Waals surface area contributed by atoms with Crippen LogP contribution in [0.15, 0.2) is 12.1 Å². The second-order valence-corrected chi connectivity index (χ2v) is 1.68. The number of pyridine rings is 1. The van der Waals surface area contributed by atoms with Crippen molar-refractivity contribution >= 4 is 11.8 Å². The summed E-state index contributed by atoms with van der Waals surface area (Å²) in [4.78, 5) is 13.7. The Kier molecular flexibility index (Phi) is 1.53. The predicted molar refractivity (Wildman–Crippen MR) is 34.4 cm³/mol. The molecule has 0 aliphatic heterocycles. The highest BCUT2D eigenvalue weighted by Crippen LogP contribution is 1.98. The predicted octanol–water partition coefficient (Wildman–Crippen LogP) is 0.162. The van der Waals surface area contributed by atoms with Crippen LogP contribution in [0.3, 0.4) is 0 Å². The van der Waals surface area contributed by atoms with Crippen molar-refractivity contribution < 1.29 is 9.90 Å². The lowest BCUT2D eigenvalue weighted by Gasteiger charge is -1.92. The molecule has 1 heterocycles. The third-order valence-electron chi connectivity index (χ3n) is 0.920. The van der Waals surface area contributed by atoms with Crippen molar-refractivity contribution in [2.24, 2.45) is 0 Å². The summed E-state index contributed by atoms with van der Waals surface area (Å²) in [5.41, 5.74) is 5.11. The van der Waals surface area contributed by atoms with E-state index in [1.165, 1.54) is 12.1 Å². The molecule has 1 aromatic rings. The highest BCUT2D eigenvalue weighted by molar-refractivity contribution is 5.85. The highest BCUT2D eigenvalue weighted by atomic mass is 16.4. The molecule has 10 heavy (non-hydrogen) atoms. The largest absolute Gasteiger partial charge is 0.477 e. The molecule has 0 saturated carbocycles. The van der Waals surface area contributed by atoms with E-state index in [2.05, 4.69) is 11.1 Å². The third kappa shape index (κ3) is 1.22. The summed E-state index contributed by atoms with van der Waals surface area (Å²) < 4.78 is 0. The van der Waals surface area contributed by atoms with Crippen molar-refractivity contribution in [3.05, 3.63) is 23.9 Å². The number of hydrogen-bond acceptors (Lipinski definition) is 3. The van der Waals surface area contributed by atoms with Crippen molar-refractivity contribution in [3.63, 3.8) is 0 Å². The van der Waals surface area contributed by atoms with Crippen molar-refractivity contribution in [1.29, 1.82) is 0 Å². The van der Waals surface area contributed by atoms with Crippen LogP contribution in [-0.4, -0.2) is 16.1 Å². The third-order valence-corrected chi connectivity index (χ3v) is 0.920. The molecule has 0 unspecified atom stereocenters. The van der Waals surface area contributed by atoms with E-state index in [-0.39, 0.29) is 11.5 Å². The lowest BCUT2D eigenvalue weighted by Crippen LogP contribution is -2.01. The van der Waals surface area contributed by atoms with Gasteiger partial charge in [-0.1, -0.05) is 0 Å². The zero-order valence-electron chi connectivity index (χ0n) is 5.03. The zero-order chi connectivity index (χ0) is 7.56. The maximum Gasteiger partial charge on any atom is 0.354 e. The molecule has 0 bridgehead atoms. The van der Waals surface area contributed by atoms with Crippen LogP contribution in [0.4, 0.5) is 5.82 Å². The molecule has 0 aromatic carbocycles. The van der Waals surface area contributed by atoms with E-state index in [0.29, 0.717) is 0 Å². The van der Waals surface area contributed by atoms with Crippen LogP contribution in [0.1, 0.15) is 10.5 Å². The fourth-order valence-electron chi connectivity index (χ4n) is 0.519. The van der Waals surface area contributed by atoms with E-state index < -0.39 is 5.97 Å². The number of nitrogens with two attached hydrogens (primary N) is 1. The number of aromatic nitrogens is 1. The van der Waals surface area contributed by atoms with Crippen LogP contribution in [0.2, 0.25) is 0 Å². The van der Waals surface area contributed by atoms with E-state index in [9.17, 15) is 4.79 Å². The smallest absolute Gasteiger partial charge is 0.354 e. The van der Waals surface area contributed by atoms with Gasteiger partial charge in [0.1, 0.15) is 5.82 Å². The average molecular weight is 137 g/mol. The van der Waals surface area contributed by atoms with Gasteiger partial charge in [0.25, 0.3) is 0 Å². The fourth-order valence-corrected chi connectivity index (χ4v) is 0.519. The van der Waals surface area contributed by atoms with E-state index in [1.807, 2.05) is 0 Å². The Morgan fingerprint density at radius 3 is 2.80 bits per heavy atom. The van der Waals surface area contributed by atoms with Gasteiger partial charge in [0.15, 0.2) is 5.69 Å². The average Bonchev–Trinajstić information content (AvgIpc) is 1.88. The monoisotopic (exact) mass is 137 g/mol. The highest BCUT2D eigenvalue weighted by Gasteiger charge is 2.02. The molecule has 1 radical (unpaired) electrons. The SMILES string of the molecule is Nc1c[c]cc(C(=O)O)n1. The molecule has 1 aromatic heterocycles. The Hall–Kier alpha value is -1.58. The molecule has 0 spiro atoms. The molecule has 0 aliphatic rings. The minimum absolute atomic E-state index is 0.0833. The minimum Gasteiger partial charge on any atom is -0.477 e. The molecule has 0 atom stereocenters. The number of rotatable bonds is 1. The lowest BCUT2D eigenvalue weighted by atomic mass is 10.3. The van der Waals surface area contributed by atoms with E-state index in [4.69, 9.17) is 10.8 Å². The molecule has 0 amide bonds. The van der Waals surface area contributed by atoms with E-state index in [1.54, 1.807) is 0 Å². The summed E-state index contributed by atoms with van der Waals surface area (Å²) in [6.45, 7) is 0. The van der Waals surface area contributed by atoms with Gasteiger partial charge in [-0.25, -0.2) is 9.78 Å². The van der Waals surface area contributed by atoms with Gasteiger partial charge in [-0.15, -0.1) is 0 Å². The van der Waals surface area contributed by atoms with Gasteiger partial charge in [0.05, 0.1) is 0 Å². The van der Waals surface area contributed by atoms with Crippen molar-refractivity contribution in [2.45, 2.75) is 0 Å². The first-order valence-corrected chi connectivity index (χ1v) is 2.57. The number of carbonyl (C=O) groups is 1. The maximum atomic E-state index is 10.2. The molecule has 3 N–H and O–H groups in total. The van der Waals surface area contributed by atoms with Crippen molar-refractivity contribution in [1.82, 2.24) is 4.98 Å².